The summed E-state index contributed by atoms with van der Waals surface area (Å²) in [7, 11) is 0. The van der Waals surface area contributed by atoms with Crippen molar-refractivity contribution in [2.24, 2.45) is 0 Å². The molecule has 0 fully saturated rings. The molecule has 6 rings (SSSR count). The van der Waals surface area contributed by atoms with Gasteiger partial charge in [0, 0.05) is 15.5 Å². The van der Waals surface area contributed by atoms with Crippen LogP contribution in [0.1, 0.15) is 5.56 Å². The van der Waals surface area contributed by atoms with Gasteiger partial charge in [-0.05, 0) is 54.1 Å². The second-order valence-electron chi connectivity index (χ2n) is 8.28. The molecule has 0 atom stereocenters. The van der Waals surface area contributed by atoms with Gasteiger partial charge in [-0.2, -0.15) is 0 Å². The van der Waals surface area contributed by atoms with Gasteiger partial charge in [-0.3, -0.25) is 18.7 Å². The number of anilines is 1. The number of ether oxygens (including phenoxy) is 2. The van der Waals surface area contributed by atoms with Crippen LogP contribution in [0.15, 0.2) is 85.2 Å². The standard InChI is InChI=1S/C26H18BrN3O6/c27-16-6-8-17(9-7-16)28-22(31)13-29-23-18-3-1-2-4-19(18)36-24(23)25(32)30(26(29)33)12-15-5-10-20-21(11-15)35-14-34-20/h1-11H,12-14H2,(H,28,31). The number of carbonyl (C=O) groups excluding carboxylic acids is 1. The molecule has 0 bridgehead atoms. The van der Waals surface area contributed by atoms with E-state index in [0.717, 1.165) is 9.04 Å². The molecule has 2 aromatic heterocycles. The molecule has 0 saturated heterocycles. The molecular formula is C26H18BrN3O6. The topological polar surface area (TPSA) is 105 Å². The van der Waals surface area contributed by atoms with Crippen molar-refractivity contribution in [3.05, 3.63) is 97.6 Å². The zero-order valence-electron chi connectivity index (χ0n) is 18.7. The van der Waals surface area contributed by atoms with Crippen LogP contribution in [-0.4, -0.2) is 21.8 Å². The lowest BCUT2D eigenvalue weighted by Gasteiger charge is -2.13. The maximum Gasteiger partial charge on any atom is 0.332 e. The highest BCUT2D eigenvalue weighted by Crippen LogP contribution is 2.32. The first-order valence-corrected chi connectivity index (χ1v) is 11.9. The molecule has 0 aliphatic carbocycles. The number of halogens is 1. The highest BCUT2D eigenvalue weighted by atomic mass is 79.9. The number of amides is 1. The summed E-state index contributed by atoms with van der Waals surface area (Å²) in [5.41, 5.74) is 0.794. The van der Waals surface area contributed by atoms with Gasteiger partial charge >= 0.3 is 5.69 Å². The van der Waals surface area contributed by atoms with Gasteiger partial charge in [0.2, 0.25) is 18.3 Å². The van der Waals surface area contributed by atoms with Gasteiger partial charge in [-0.15, -0.1) is 0 Å². The summed E-state index contributed by atoms with van der Waals surface area (Å²) in [6, 6.07) is 19.3. The predicted octanol–water partition coefficient (Wildman–Crippen LogP) is 4.09. The monoisotopic (exact) mass is 547 g/mol. The van der Waals surface area contributed by atoms with E-state index in [1.807, 2.05) is 0 Å². The van der Waals surface area contributed by atoms with E-state index in [0.29, 0.717) is 33.7 Å². The number of furan rings is 1. The Balaban J connectivity index is 1.46. The van der Waals surface area contributed by atoms with Gasteiger partial charge in [0.1, 0.15) is 17.6 Å². The van der Waals surface area contributed by atoms with Crippen LogP contribution in [0, 0.1) is 0 Å². The van der Waals surface area contributed by atoms with E-state index in [9.17, 15) is 14.4 Å². The molecule has 0 saturated carbocycles. The lowest BCUT2D eigenvalue weighted by atomic mass is 10.2. The van der Waals surface area contributed by atoms with Crippen LogP contribution in [-0.2, 0) is 17.9 Å². The number of fused-ring (bicyclic) bond motifs is 4. The zero-order chi connectivity index (χ0) is 24.8. The second-order valence-corrected chi connectivity index (χ2v) is 9.19. The first-order valence-electron chi connectivity index (χ1n) is 11.1. The van der Waals surface area contributed by atoms with Crippen LogP contribution < -0.4 is 26.0 Å². The summed E-state index contributed by atoms with van der Waals surface area (Å²) in [6.07, 6.45) is 0. The third-order valence-corrected chi connectivity index (χ3v) is 6.48. The minimum absolute atomic E-state index is 0.00739. The van der Waals surface area contributed by atoms with Crippen molar-refractivity contribution in [2.75, 3.05) is 12.1 Å². The maximum absolute atomic E-state index is 13.7. The molecular weight excluding hydrogens is 530 g/mol. The fourth-order valence-corrected chi connectivity index (χ4v) is 4.55. The number of hydrogen-bond donors (Lipinski definition) is 1. The van der Waals surface area contributed by atoms with Crippen LogP contribution in [0.2, 0.25) is 0 Å². The SMILES string of the molecule is O=C(Cn1c(=O)n(Cc2ccc3c(c2)OCO3)c(=O)c2oc3ccccc3c21)Nc1ccc(Br)cc1. The number of para-hydroxylation sites is 1. The fourth-order valence-electron chi connectivity index (χ4n) is 4.28. The van der Waals surface area contributed by atoms with Crippen molar-refractivity contribution in [3.8, 4) is 11.5 Å². The molecule has 0 spiro atoms. The molecule has 10 heteroatoms. The van der Waals surface area contributed by atoms with Crippen molar-refractivity contribution in [2.45, 2.75) is 13.1 Å². The first kappa shape index (κ1) is 22.2. The highest BCUT2D eigenvalue weighted by molar-refractivity contribution is 9.10. The maximum atomic E-state index is 13.7. The predicted molar refractivity (Wildman–Crippen MR) is 137 cm³/mol. The largest absolute Gasteiger partial charge is 0.454 e. The summed E-state index contributed by atoms with van der Waals surface area (Å²) in [5, 5.41) is 3.37. The van der Waals surface area contributed by atoms with E-state index in [-0.39, 0.29) is 31.0 Å². The Morgan fingerprint density at radius 2 is 1.72 bits per heavy atom. The minimum Gasteiger partial charge on any atom is -0.454 e. The Kier molecular flexibility index (Phi) is 5.37. The molecule has 180 valence electrons. The molecule has 3 heterocycles. The van der Waals surface area contributed by atoms with E-state index < -0.39 is 17.2 Å². The Labute approximate surface area is 211 Å². The molecule has 1 amide bonds. The lowest BCUT2D eigenvalue weighted by molar-refractivity contribution is -0.116. The third-order valence-electron chi connectivity index (χ3n) is 5.95. The number of nitrogens with one attached hydrogen (secondary N) is 1. The van der Waals surface area contributed by atoms with Gasteiger partial charge < -0.3 is 19.2 Å². The van der Waals surface area contributed by atoms with Crippen LogP contribution >= 0.6 is 15.9 Å². The van der Waals surface area contributed by atoms with Gasteiger partial charge in [0.15, 0.2) is 11.5 Å². The number of rotatable bonds is 5. The smallest absolute Gasteiger partial charge is 0.332 e. The fraction of sp³-hybridized carbons (Fsp3) is 0.115. The molecule has 0 unspecified atom stereocenters. The van der Waals surface area contributed by atoms with Crippen LogP contribution in [0.5, 0.6) is 11.5 Å². The van der Waals surface area contributed by atoms with E-state index in [1.54, 1.807) is 66.7 Å². The molecule has 36 heavy (non-hydrogen) atoms. The molecule has 1 N–H and O–H groups in total. The second kappa shape index (κ2) is 8.72. The van der Waals surface area contributed by atoms with Gasteiger partial charge in [0.05, 0.1) is 6.54 Å². The normalized spacial score (nSPS) is 12.4. The Bertz CT molecular complexity index is 1770. The van der Waals surface area contributed by atoms with Crippen molar-refractivity contribution in [1.82, 2.24) is 9.13 Å². The molecule has 0 radical (unpaired) electrons. The van der Waals surface area contributed by atoms with E-state index >= 15 is 0 Å². The number of benzene rings is 3. The number of aromatic nitrogens is 2. The number of carbonyl (C=O) groups is 1. The van der Waals surface area contributed by atoms with Crippen LogP contribution in [0.3, 0.4) is 0 Å². The Morgan fingerprint density at radius 1 is 0.944 bits per heavy atom. The molecule has 3 aromatic carbocycles. The van der Waals surface area contributed by atoms with Crippen molar-refractivity contribution >= 4 is 49.6 Å². The number of nitrogens with zero attached hydrogens (tertiary/aromatic N) is 2. The van der Waals surface area contributed by atoms with Crippen LogP contribution in [0.25, 0.3) is 22.1 Å². The van der Waals surface area contributed by atoms with Crippen molar-refractivity contribution in [3.63, 3.8) is 0 Å². The van der Waals surface area contributed by atoms with E-state index in [1.165, 1.54) is 4.57 Å². The summed E-state index contributed by atoms with van der Waals surface area (Å²) >= 11 is 3.36. The average molecular weight is 548 g/mol. The Morgan fingerprint density at radius 3 is 2.56 bits per heavy atom. The van der Waals surface area contributed by atoms with Gasteiger partial charge in [-0.1, -0.05) is 34.1 Å². The van der Waals surface area contributed by atoms with Crippen molar-refractivity contribution in [1.29, 1.82) is 0 Å². The minimum atomic E-state index is -0.623. The zero-order valence-corrected chi connectivity index (χ0v) is 20.3. The van der Waals surface area contributed by atoms with Crippen LogP contribution in [0.4, 0.5) is 5.69 Å². The Hall–Kier alpha value is -4.31. The molecule has 1 aliphatic heterocycles. The molecule has 5 aromatic rings. The number of hydrogen-bond acceptors (Lipinski definition) is 6. The van der Waals surface area contributed by atoms with Crippen molar-refractivity contribution < 1.29 is 18.7 Å². The van der Waals surface area contributed by atoms with Gasteiger partial charge in [-0.25, -0.2) is 4.79 Å². The lowest BCUT2D eigenvalue weighted by Crippen LogP contribution is -2.41. The van der Waals surface area contributed by atoms with Gasteiger partial charge in [0.25, 0.3) is 5.56 Å². The molecule has 9 nitrogen and oxygen atoms in total. The summed E-state index contributed by atoms with van der Waals surface area (Å²) in [6.45, 7) is -0.226. The molecule has 1 aliphatic rings. The average Bonchev–Trinajstić information content (AvgIpc) is 3.50. The summed E-state index contributed by atoms with van der Waals surface area (Å²) < 4.78 is 19.9. The van der Waals surface area contributed by atoms with E-state index in [2.05, 4.69) is 21.2 Å². The summed E-state index contributed by atoms with van der Waals surface area (Å²) in [4.78, 5) is 40.0. The third kappa shape index (κ3) is 3.85. The first-order chi connectivity index (χ1) is 17.5. The highest BCUT2D eigenvalue weighted by Gasteiger charge is 2.22. The quantitative estimate of drug-likeness (QED) is 0.355. The van der Waals surface area contributed by atoms with E-state index in [4.69, 9.17) is 13.9 Å². The summed E-state index contributed by atoms with van der Waals surface area (Å²) in [5.74, 6) is 0.722.